The van der Waals surface area contributed by atoms with Crippen LogP contribution in [0.4, 0.5) is 17.1 Å². The minimum Gasteiger partial charge on any atom is -0.478 e. The Morgan fingerprint density at radius 3 is 2.22 bits per heavy atom. The number of carbonyl (C=O) groups is 4. The van der Waals surface area contributed by atoms with Gasteiger partial charge in [-0.05, 0) is 47.5 Å². The van der Waals surface area contributed by atoms with E-state index in [4.69, 9.17) is 4.99 Å². The molecule has 188 valence electrons. The van der Waals surface area contributed by atoms with Crippen molar-refractivity contribution in [2.45, 2.75) is 12.8 Å². The first kappa shape index (κ1) is 25.3. The topological polar surface area (TPSA) is 119 Å². The molecule has 9 heteroatoms. The van der Waals surface area contributed by atoms with Gasteiger partial charge in [0.2, 0.25) is 17.7 Å². The van der Waals surface area contributed by atoms with Crippen LogP contribution < -0.4 is 10.2 Å². The smallest absolute Gasteiger partial charge is 0.335 e. The van der Waals surface area contributed by atoms with Gasteiger partial charge in [-0.3, -0.25) is 19.4 Å². The first-order valence-corrected chi connectivity index (χ1v) is 11.6. The third-order valence-corrected chi connectivity index (χ3v) is 6.06. The first-order valence-electron chi connectivity index (χ1n) is 11.6. The Bertz CT molecular complexity index is 1400. The van der Waals surface area contributed by atoms with E-state index in [1.54, 1.807) is 44.4 Å². The number of benzene rings is 3. The molecule has 3 amide bonds. The number of aromatic carboxylic acids is 1. The minimum atomic E-state index is -1.08. The molecule has 3 aromatic carbocycles. The van der Waals surface area contributed by atoms with Crippen LogP contribution >= 0.6 is 0 Å². The van der Waals surface area contributed by atoms with Crippen LogP contribution in [-0.2, 0) is 14.4 Å². The molecule has 0 saturated carbocycles. The molecule has 3 aromatic rings. The average molecular weight is 499 g/mol. The number of carboxylic acids is 1. The molecule has 0 saturated heterocycles. The normalized spacial score (nSPS) is 14.5. The second-order valence-corrected chi connectivity index (χ2v) is 8.80. The fourth-order valence-electron chi connectivity index (χ4n) is 4.08. The third-order valence-electron chi connectivity index (χ3n) is 6.06. The van der Waals surface area contributed by atoms with Crippen molar-refractivity contribution in [1.29, 1.82) is 0 Å². The molecule has 1 atom stereocenters. The highest BCUT2D eigenvalue weighted by Crippen LogP contribution is 2.37. The van der Waals surface area contributed by atoms with Gasteiger partial charge < -0.3 is 20.2 Å². The number of aliphatic imine (C=N–C) groups is 1. The van der Waals surface area contributed by atoms with Gasteiger partial charge in [-0.25, -0.2) is 4.79 Å². The summed E-state index contributed by atoms with van der Waals surface area (Å²) in [5.41, 5.74) is 3.50. The van der Waals surface area contributed by atoms with E-state index in [0.717, 1.165) is 5.56 Å². The van der Waals surface area contributed by atoms with Crippen molar-refractivity contribution in [2.24, 2.45) is 4.99 Å². The number of nitrogens with zero attached hydrogens (tertiary/aromatic N) is 3. The second-order valence-electron chi connectivity index (χ2n) is 8.80. The number of carboxylic acid groups (broad SMARTS) is 1. The van der Waals surface area contributed by atoms with Crippen molar-refractivity contribution in [3.8, 4) is 0 Å². The Kier molecular flexibility index (Phi) is 7.15. The zero-order valence-electron chi connectivity index (χ0n) is 20.6. The zero-order chi connectivity index (χ0) is 26.7. The van der Waals surface area contributed by atoms with E-state index in [1.165, 1.54) is 28.9 Å². The summed E-state index contributed by atoms with van der Waals surface area (Å²) in [6.07, 6.45) is 0. The van der Waals surface area contributed by atoms with Crippen molar-refractivity contribution >= 4 is 46.5 Å². The van der Waals surface area contributed by atoms with Gasteiger partial charge in [0.05, 0.1) is 17.0 Å². The van der Waals surface area contributed by atoms with Crippen molar-refractivity contribution in [2.75, 3.05) is 30.9 Å². The summed E-state index contributed by atoms with van der Waals surface area (Å²) in [5, 5.41) is 12.1. The molecule has 1 unspecified atom stereocenters. The van der Waals surface area contributed by atoms with Crippen molar-refractivity contribution in [1.82, 2.24) is 4.90 Å². The number of likely N-dealkylation sites (N-methyl/N-ethyl adjacent to an activating group) is 1. The minimum absolute atomic E-state index is 0.0799. The van der Waals surface area contributed by atoms with E-state index >= 15 is 0 Å². The number of fused-ring (bicyclic) bond motifs is 1. The highest BCUT2D eigenvalue weighted by molar-refractivity contribution is 6.24. The Morgan fingerprint density at radius 1 is 0.946 bits per heavy atom. The van der Waals surface area contributed by atoms with Gasteiger partial charge in [-0.1, -0.05) is 36.4 Å². The molecule has 0 bridgehead atoms. The number of amides is 3. The number of rotatable bonds is 7. The van der Waals surface area contributed by atoms with E-state index < -0.39 is 11.9 Å². The maximum Gasteiger partial charge on any atom is 0.335 e. The monoisotopic (exact) mass is 498 g/mol. The molecule has 9 nitrogen and oxygen atoms in total. The molecule has 0 radical (unpaired) electrons. The number of anilines is 2. The number of carbonyl (C=O) groups excluding carboxylic acids is 3. The van der Waals surface area contributed by atoms with Crippen LogP contribution in [0.15, 0.2) is 77.8 Å². The average Bonchev–Trinajstić information content (AvgIpc) is 3.21. The lowest BCUT2D eigenvalue weighted by Gasteiger charge is -2.22. The lowest BCUT2D eigenvalue weighted by Crippen LogP contribution is -2.39. The molecule has 1 heterocycles. The quantitative estimate of drug-likeness (QED) is 0.482. The molecule has 4 rings (SSSR count). The Morgan fingerprint density at radius 2 is 1.62 bits per heavy atom. The predicted octanol–water partition coefficient (Wildman–Crippen LogP) is 3.68. The van der Waals surface area contributed by atoms with Crippen LogP contribution in [0.2, 0.25) is 0 Å². The lowest BCUT2D eigenvalue weighted by molar-refractivity contribution is -0.129. The summed E-state index contributed by atoms with van der Waals surface area (Å²) in [5.74, 6) is -2.60. The molecule has 1 aliphatic heterocycles. The largest absolute Gasteiger partial charge is 0.478 e. The second kappa shape index (κ2) is 10.4. The van der Waals surface area contributed by atoms with Gasteiger partial charge in [0, 0.05) is 32.4 Å². The van der Waals surface area contributed by atoms with Gasteiger partial charge >= 0.3 is 5.97 Å². The van der Waals surface area contributed by atoms with E-state index in [0.29, 0.717) is 28.3 Å². The summed E-state index contributed by atoms with van der Waals surface area (Å²) in [6.45, 7) is 1.31. The van der Waals surface area contributed by atoms with E-state index in [-0.39, 0.29) is 29.8 Å². The standard InChI is InChI=1S/C28H26N4O5/c1-17(33)32(16-24(34)31(2)3)21-12-10-20(11-13-21)29-26(18-7-5-4-6-8-18)25-22-14-9-19(28(36)37)15-23(22)30-27(25)35/h4-15,25H,16H2,1-3H3,(H,30,35)(H,36,37). The van der Waals surface area contributed by atoms with Crippen LogP contribution in [0.25, 0.3) is 0 Å². The molecule has 0 aliphatic carbocycles. The summed E-state index contributed by atoms with van der Waals surface area (Å²) in [6, 6.07) is 20.7. The van der Waals surface area contributed by atoms with Gasteiger partial charge in [-0.15, -0.1) is 0 Å². The molecular weight excluding hydrogens is 472 g/mol. The van der Waals surface area contributed by atoms with Crippen molar-refractivity contribution in [3.05, 3.63) is 89.5 Å². The number of hydrogen-bond donors (Lipinski definition) is 2. The molecule has 37 heavy (non-hydrogen) atoms. The summed E-state index contributed by atoms with van der Waals surface area (Å²) < 4.78 is 0. The summed E-state index contributed by atoms with van der Waals surface area (Å²) >= 11 is 0. The molecule has 0 spiro atoms. The zero-order valence-corrected chi connectivity index (χ0v) is 20.6. The van der Waals surface area contributed by atoms with Gasteiger partial charge in [-0.2, -0.15) is 0 Å². The van der Waals surface area contributed by atoms with Crippen LogP contribution in [0.5, 0.6) is 0 Å². The Hall–Kier alpha value is -4.79. The molecule has 0 aromatic heterocycles. The maximum absolute atomic E-state index is 13.1. The SMILES string of the molecule is CC(=O)N(CC(=O)N(C)C)c1ccc(N=C(c2ccccc2)C2C(=O)Nc3cc(C(=O)O)ccc32)cc1. The molecule has 0 fully saturated rings. The van der Waals surface area contributed by atoms with Crippen LogP contribution in [0.1, 0.15) is 34.3 Å². The van der Waals surface area contributed by atoms with E-state index in [9.17, 15) is 24.3 Å². The van der Waals surface area contributed by atoms with Crippen molar-refractivity contribution in [3.63, 3.8) is 0 Å². The predicted molar refractivity (Wildman–Crippen MR) is 141 cm³/mol. The van der Waals surface area contributed by atoms with E-state index in [1.807, 2.05) is 30.3 Å². The fraction of sp³-hybridized carbons (Fsp3) is 0.179. The maximum atomic E-state index is 13.1. The van der Waals surface area contributed by atoms with E-state index in [2.05, 4.69) is 5.32 Å². The first-order chi connectivity index (χ1) is 17.7. The fourth-order valence-corrected chi connectivity index (χ4v) is 4.08. The van der Waals surface area contributed by atoms with Gasteiger partial charge in [0.25, 0.3) is 0 Å². The number of nitrogens with one attached hydrogen (secondary N) is 1. The molecule has 1 aliphatic rings. The van der Waals surface area contributed by atoms with Gasteiger partial charge in [0.1, 0.15) is 12.5 Å². The van der Waals surface area contributed by atoms with Gasteiger partial charge in [0.15, 0.2) is 0 Å². The lowest BCUT2D eigenvalue weighted by atomic mass is 9.90. The molecule has 2 N–H and O–H groups in total. The highest BCUT2D eigenvalue weighted by Gasteiger charge is 2.36. The van der Waals surface area contributed by atoms with Crippen LogP contribution in [0.3, 0.4) is 0 Å². The number of hydrogen-bond acceptors (Lipinski definition) is 5. The van der Waals surface area contributed by atoms with Crippen molar-refractivity contribution < 1.29 is 24.3 Å². The Balaban J connectivity index is 1.73. The summed E-state index contributed by atoms with van der Waals surface area (Å²) in [7, 11) is 3.26. The third kappa shape index (κ3) is 5.40. The highest BCUT2D eigenvalue weighted by atomic mass is 16.4. The Labute approximate surface area is 214 Å². The summed E-state index contributed by atoms with van der Waals surface area (Å²) in [4.78, 5) is 56.4. The molecular formula is C28H26N4O5. The van der Waals surface area contributed by atoms with Crippen LogP contribution in [-0.4, -0.2) is 60.0 Å². The van der Waals surface area contributed by atoms with Crippen LogP contribution in [0, 0.1) is 0 Å².